The highest BCUT2D eigenvalue weighted by Crippen LogP contribution is 2.14. The lowest BCUT2D eigenvalue weighted by atomic mass is 10.2. The van der Waals surface area contributed by atoms with Crippen LogP contribution < -0.4 is 11.1 Å². The highest BCUT2D eigenvalue weighted by Gasteiger charge is 1.96. The Balaban J connectivity index is 2.12. The predicted octanol–water partition coefficient (Wildman–Crippen LogP) is 1.89. The van der Waals surface area contributed by atoms with Crippen LogP contribution in [-0.2, 0) is 4.74 Å². The van der Waals surface area contributed by atoms with Gasteiger partial charge in [-0.1, -0.05) is 0 Å². The third-order valence-corrected chi connectivity index (χ3v) is 2.19. The van der Waals surface area contributed by atoms with Gasteiger partial charge in [-0.05, 0) is 25.3 Å². The number of methoxy groups -OCH3 is 1. The van der Waals surface area contributed by atoms with Gasteiger partial charge in [0.05, 0.1) is 17.6 Å². The molecule has 3 N–H and O–H groups in total. The standard InChI is InChI=1S/C11H19N3O/c1-15-8-4-2-3-6-14-11-5-7-13-9-10(11)12/h5,7,9H,2-4,6,8,12H2,1H3,(H,13,14). The number of nitrogens with two attached hydrogens (primary N) is 1. The first-order valence-electron chi connectivity index (χ1n) is 5.27. The first kappa shape index (κ1) is 11.8. The number of unbranched alkanes of at least 4 members (excludes halogenated alkanes) is 2. The van der Waals surface area contributed by atoms with Crippen molar-refractivity contribution >= 4 is 11.4 Å². The molecular weight excluding hydrogens is 190 g/mol. The van der Waals surface area contributed by atoms with Gasteiger partial charge in [0, 0.05) is 26.5 Å². The van der Waals surface area contributed by atoms with E-state index in [2.05, 4.69) is 10.3 Å². The highest BCUT2D eigenvalue weighted by atomic mass is 16.5. The van der Waals surface area contributed by atoms with Crippen LogP contribution in [0.1, 0.15) is 19.3 Å². The van der Waals surface area contributed by atoms with Crippen LogP contribution in [0.2, 0.25) is 0 Å². The lowest BCUT2D eigenvalue weighted by Gasteiger charge is -2.07. The molecule has 4 heteroatoms. The molecule has 0 spiro atoms. The zero-order valence-electron chi connectivity index (χ0n) is 9.20. The molecule has 1 heterocycles. The van der Waals surface area contributed by atoms with Crippen molar-refractivity contribution in [1.82, 2.24) is 4.98 Å². The van der Waals surface area contributed by atoms with Crippen molar-refractivity contribution in [3.63, 3.8) is 0 Å². The maximum Gasteiger partial charge on any atom is 0.0736 e. The van der Waals surface area contributed by atoms with Gasteiger partial charge in [0.1, 0.15) is 0 Å². The second-order valence-corrected chi connectivity index (χ2v) is 3.44. The van der Waals surface area contributed by atoms with Crippen molar-refractivity contribution < 1.29 is 4.74 Å². The zero-order chi connectivity index (χ0) is 10.9. The fourth-order valence-electron chi connectivity index (χ4n) is 1.34. The highest BCUT2D eigenvalue weighted by molar-refractivity contribution is 5.63. The van der Waals surface area contributed by atoms with Crippen molar-refractivity contribution in [3.05, 3.63) is 18.5 Å². The molecule has 0 aliphatic carbocycles. The molecule has 84 valence electrons. The van der Waals surface area contributed by atoms with Gasteiger partial charge >= 0.3 is 0 Å². The Morgan fingerprint density at radius 3 is 3.00 bits per heavy atom. The second kappa shape index (κ2) is 7.06. The molecule has 0 saturated carbocycles. The molecule has 15 heavy (non-hydrogen) atoms. The van der Waals surface area contributed by atoms with E-state index in [1.165, 1.54) is 6.42 Å². The van der Waals surface area contributed by atoms with Crippen LogP contribution in [0.25, 0.3) is 0 Å². The fraction of sp³-hybridized carbons (Fsp3) is 0.545. The molecular formula is C11H19N3O. The Morgan fingerprint density at radius 2 is 2.27 bits per heavy atom. The van der Waals surface area contributed by atoms with E-state index in [1.54, 1.807) is 19.5 Å². The number of nitrogens with one attached hydrogen (secondary N) is 1. The molecule has 1 aromatic heterocycles. The van der Waals surface area contributed by atoms with Gasteiger partial charge in [0.25, 0.3) is 0 Å². The number of rotatable bonds is 7. The Bertz CT molecular complexity index is 278. The number of ether oxygens (including phenoxy) is 1. The summed E-state index contributed by atoms with van der Waals surface area (Å²) < 4.78 is 4.98. The van der Waals surface area contributed by atoms with Crippen molar-refractivity contribution in [3.8, 4) is 0 Å². The van der Waals surface area contributed by atoms with Crippen molar-refractivity contribution in [1.29, 1.82) is 0 Å². The molecule has 0 fully saturated rings. The molecule has 1 rings (SSSR count). The van der Waals surface area contributed by atoms with Crippen molar-refractivity contribution in [2.75, 3.05) is 31.3 Å². The van der Waals surface area contributed by atoms with Crippen LogP contribution in [0.3, 0.4) is 0 Å². The number of hydrogen-bond donors (Lipinski definition) is 2. The lowest BCUT2D eigenvalue weighted by Crippen LogP contribution is -2.04. The smallest absolute Gasteiger partial charge is 0.0736 e. The Morgan fingerprint density at radius 1 is 1.40 bits per heavy atom. The topological polar surface area (TPSA) is 60.2 Å². The Hall–Kier alpha value is -1.29. The van der Waals surface area contributed by atoms with E-state index in [0.29, 0.717) is 5.69 Å². The molecule has 0 unspecified atom stereocenters. The minimum atomic E-state index is 0.703. The molecule has 0 saturated heterocycles. The SMILES string of the molecule is COCCCCCNc1ccncc1N. The van der Waals surface area contributed by atoms with Crippen molar-refractivity contribution in [2.24, 2.45) is 0 Å². The van der Waals surface area contributed by atoms with Gasteiger partial charge in [0.15, 0.2) is 0 Å². The minimum Gasteiger partial charge on any atom is -0.396 e. The number of nitrogen functional groups attached to an aromatic ring is 1. The molecule has 0 aliphatic rings. The van der Waals surface area contributed by atoms with Crippen molar-refractivity contribution in [2.45, 2.75) is 19.3 Å². The molecule has 1 aromatic rings. The third-order valence-electron chi connectivity index (χ3n) is 2.19. The van der Waals surface area contributed by atoms with Crippen LogP contribution in [0.4, 0.5) is 11.4 Å². The summed E-state index contributed by atoms with van der Waals surface area (Å²) in [7, 11) is 1.73. The quantitative estimate of drug-likeness (QED) is 0.673. The number of nitrogens with zero attached hydrogens (tertiary/aromatic N) is 1. The third kappa shape index (κ3) is 4.65. The molecule has 4 nitrogen and oxygen atoms in total. The van der Waals surface area contributed by atoms with E-state index in [-0.39, 0.29) is 0 Å². The fourth-order valence-corrected chi connectivity index (χ4v) is 1.34. The summed E-state index contributed by atoms with van der Waals surface area (Å²) in [5.41, 5.74) is 7.41. The van der Waals surface area contributed by atoms with Crippen LogP contribution >= 0.6 is 0 Å². The lowest BCUT2D eigenvalue weighted by molar-refractivity contribution is 0.192. The van der Waals surface area contributed by atoms with Gasteiger partial charge < -0.3 is 15.8 Å². The summed E-state index contributed by atoms with van der Waals surface area (Å²) in [5, 5.41) is 3.28. The predicted molar refractivity (Wildman–Crippen MR) is 62.9 cm³/mol. The first-order valence-corrected chi connectivity index (χ1v) is 5.27. The molecule has 0 atom stereocenters. The normalized spacial score (nSPS) is 10.2. The number of hydrogen-bond acceptors (Lipinski definition) is 4. The minimum absolute atomic E-state index is 0.703. The van der Waals surface area contributed by atoms with E-state index in [1.807, 2.05) is 6.07 Å². The summed E-state index contributed by atoms with van der Waals surface area (Å²) in [6.07, 6.45) is 6.82. The van der Waals surface area contributed by atoms with E-state index < -0.39 is 0 Å². The van der Waals surface area contributed by atoms with Gasteiger partial charge in [-0.15, -0.1) is 0 Å². The van der Waals surface area contributed by atoms with Gasteiger partial charge in [-0.3, -0.25) is 4.98 Å². The van der Waals surface area contributed by atoms with E-state index in [0.717, 1.165) is 31.7 Å². The van der Waals surface area contributed by atoms with Gasteiger partial charge in [0.2, 0.25) is 0 Å². The van der Waals surface area contributed by atoms with Crippen LogP contribution in [0, 0.1) is 0 Å². The summed E-state index contributed by atoms with van der Waals surface area (Å²) >= 11 is 0. The number of anilines is 2. The summed E-state index contributed by atoms with van der Waals surface area (Å²) in [4.78, 5) is 3.93. The Labute approximate surface area is 90.8 Å². The summed E-state index contributed by atoms with van der Waals surface area (Å²) in [5.74, 6) is 0. The maximum absolute atomic E-state index is 5.74. The second-order valence-electron chi connectivity index (χ2n) is 3.44. The summed E-state index contributed by atoms with van der Waals surface area (Å²) in [6.45, 7) is 1.79. The van der Waals surface area contributed by atoms with E-state index >= 15 is 0 Å². The van der Waals surface area contributed by atoms with Crippen LogP contribution in [0.5, 0.6) is 0 Å². The summed E-state index contributed by atoms with van der Waals surface area (Å²) in [6, 6.07) is 1.89. The number of aromatic nitrogens is 1. The van der Waals surface area contributed by atoms with Crippen LogP contribution in [-0.4, -0.2) is 25.2 Å². The largest absolute Gasteiger partial charge is 0.396 e. The average Bonchev–Trinajstić information content (AvgIpc) is 2.25. The van der Waals surface area contributed by atoms with E-state index in [4.69, 9.17) is 10.5 Å². The van der Waals surface area contributed by atoms with Crippen LogP contribution in [0.15, 0.2) is 18.5 Å². The molecule has 0 amide bonds. The molecule has 0 radical (unpaired) electrons. The Kier molecular flexibility index (Phi) is 5.55. The zero-order valence-corrected chi connectivity index (χ0v) is 9.20. The molecule has 0 bridgehead atoms. The average molecular weight is 209 g/mol. The first-order chi connectivity index (χ1) is 7.34. The van der Waals surface area contributed by atoms with E-state index in [9.17, 15) is 0 Å². The monoisotopic (exact) mass is 209 g/mol. The molecule has 0 aliphatic heterocycles. The molecule has 0 aromatic carbocycles. The van der Waals surface area contributed by atoms with Gasteiger partial charge in [-0.2, -0.15) is 0 Å². The van der Waals surface area contributed by atoms with Gasteiger partial charge in [-0.25, -0.2) is 0 Å². The number of pyridine rings is 1. The maximum atomic E-state index is 5.74.